The molecule has 1 amide bonds. The lowest BCUT2D eigenvalue weighted by atomic mass is 9.83. The number of esters is 2. The number of rotatable bonds is 7. The number of nitrogens with zero attached hydrogens (tertiary/aromatic N) is 1. The number of carbonyl (C=O) groups is 3. The molecule has 0 saturated heterocycles. The van der Waals surface area contributed by atoms with Crippen LogP contribution in [0.4, 0.5) is 4.39 Å². The Hall–Kier alpha value is -3.74. The third kappa shape index (κ3) is 4.94. The van der Waals surface area contributed by atoms with Crippen molar-refractivity contribution in [1.82, 2.24) is 4.90 Å². The van der Waals surface area contributed by atoms with Crippen molar-refractivity contribution in [2.45, 2.75) is 25.8 Å². The number of hydrogen-bond donors (Lipinski definition) is 0. The second-order valence-electron chi connectivity index (χ2n) is 7.37. The predicted octanol–water partition coefficient (Wildman–Crippen LogP) is 4.13. The van der Waals surface area contributed by atoms with E-state index in [2.05, 4.69) is 6.58 Å². The number of allylic oxidation sites excluding steroid dienone is 1. The first-order valence-corrected chi connectivity index (χ1v) is 10.1. The molecule has 166 valence electrons. The van der Waals surface area contributed by atoms with Crippen LogP contribution in [0.2, 0.25) is 0 Å². The van der Waals surface area contributed by atoms with Crippen molar-refractivity contribution in [1.29, 1.82) is 0 Å². The Labute approximate surface area is 185 Å². The van der Waals surface area contributed by atoms with Crippen LogP contribution in [0, 0.1) is 5.82 Å². The average Bonchev–Trinajstić information content (AvgIpc) is 2.79. The third-order valence-electron chi connectivity index (χ3n) is 5.34. The van der Waals surface area contributed by atoms with Gasteiger partial charge in [-0.25, -0.2) is 14.0 Å². The van der Waals surface area contributed by atoms with Crippen LogP contribution in [0.3, 0.4) is 0 Å². The highest BCUT2D eigenvalue weighted by molar-refractivity contribution is 5.96. The van der Waals surface area contributed by atoms with E-state index in [4.69, 9.17) is 9.47 Å². The van der Waals surface area contributed by atoms with Crippen LogP contribution < -0.4 is 0 Å². The first-order valence-electron chi connectivity index (χ1n) is 10.1. The average molecular weight is 437 g/mol. The molecule has 6 nitrogen and oxygen atoms in total. The maximum absolute atomic E-state index is 13.9. The Morgan fingerprint density at radius 1 is 1.19 bits per heavy atom. The predicted molar refractivity (Wildman–Crippen MR) is 116 cm³/mol. The van der Waals surface area contributed by atoms with E-state index in [1.807, 2.05) is 0 Å². The zero-order valence-corrected chi connectivity index (χ0v) is 18.0. The molecule has 0 saturated carbocycles. The minimum absolute atomic E-state index is 0.000436. The van der Waals surface area contributed by atoms with Gasteiger partial charge in [0.2, 0.25) is 5.91 Å². The first kappa shape index (κ1) is 22.9. The maximum atomic E-state index is 13.9. The lowest BCUT2D eigenvalue weighted by molar-refractivity contribution is -0.139. The van der Waals surface area contributed by atoms with Gasteiger partial charge in [-0.05, 0) is 42.3 Å². The van der Waals surface area contributed by atoms with E-state index < -0.39 is 23.7 Å². The Morgan fingerprint density at radius 3 is 2.53 bits per heavy atom. The number of methoxy groups -OCH3 is 1. The highest BCUT2D eigenvalue weighted by atomic mass is 19.1. The van der Waals surface area contributed by atoms with Crippen LogP contribution in [0.5, 0.6) is 0 Å². The molecule has 32 heavy (non-hydrogen) atoms. The summed E-state index contributed by atoms with van der Waals surface area (Å²) in [5, 5.41) is 0. The van der Waals surface area contributed by atoms with Crippen LogP contribution in [0.25, 0.3) is 0 Å². The summed E-state index contributed by atoms with van der Waals surface area (Å²) in [6.45, 7) is 5.46. The maximum Gasteiger partial charge on any atom is 0.337 e. The topological polar surface area (TPSA) is 72.9 Å². The summed E-state index contributed by atoms with van der Waals surface area (Å²) < 4.78 is 23.8. The van der Waals surface area contributed by atoms with Gasteiger partial charge in [0, 0.05) is 18.0 Å². The molecule has 1 aliphatic rings. The van der Waals surface area contributed by atoms with Crippen molar-refractivity contribution in [2.24, 2.45) is 0 Å². The minimum Gasteiger partial charge on any atom is -0.465 e. The van der Waals surface area contributed by atoms with Gasteiger partial charge in [0.15, 0.2) is 0 Å². The standard InChI is InChI=1S/C25H24FNO5/c1-4-12-32-25(30)23-16(2)27(15-17-8-10-18(11-9-17)24(29)31-3)22(28)14-21(23)19-6-5-7-20(26)13-19/h4-11,13,21H,1,12,14-15H2,2-3H3. The largest absolute Gasteiger partial charge is 0.465 e. The monoisotopic (exact) mass is 437 g/mol. The molecule has 0 radical (unpaired) electrons. The van der Waals surface area contributed by atoms with Gasteiger partial charge in [-0.3, -0.25) is 4.79 Å². The molecule has 0 aromatic heterocycles. The lowest BCUT2D eigenvalue weighted by Gasteiger charge is -2.34. The van der Waals surface area contributed by atoms with Crippen LogP contribution in [0.1, 0.15) is 40.7 Å². The number of amides is 1. The molecule has 1 atom stereocenters. The number of benzene rings is 2. The van der Waals surface area contributed by atoms with Gasteiger partial charge in [0.05, 0.1) is 24.8 Å². The molecule has 1 aliphatic heterocycles. The minimum atomic E-state index is -0.617. The molecule has 2 aromatic carbocycles. The van der Waals surface area contributed by atoms with E-state index in [0.717, 1.165) is 5.56 Å². The zero-order chi connectivity index (χ0) is 23.3. The molecule has 0 bridgehead atoms. The summed E-state index contributed by atoms with van der Waals surface area (Å²) in [5.74, 6) is -2.29. The van der Waals surface area contributed by atoms with Gasteiger partial charge in [-0.2, -0.15) is 0 Å². The number of carbonyl (C=O) groups excluding carboxylic acids is 3. The zero-order valence-electron chi connectivity index (χ0n) is 18.0. The number of halogens is 1. The second-order valence-corrected chi connectivity index (χ2v) is 7.37. The Bertz CT molecular complexity index is 1070. The van der Waals surface area contributed by atoms with Crippen molar-refractivity contribution in [3.05, 3.63) is 95.0 Å². The van der Waals surface area contributed by atoms with E-state index in [9.17, 15) is 18.8 Å². The molecule has 0 spiro atoms. The molecule has 2 aromatic rings. The summed E-state index contributed by atoms with van der Waals surface area (Å²) in [4.78, 5) is 39.1. The van der Waals surface area contributed by atoms with Gasteiger partial charge in [-0.15, -0.1) is 0 Å². The fraction of sp³-hybridized carbons (Fsp3) is 0.240. The van der Waals surface area contributed by atoms with Crippen LogP contribution >= 0.6 is 0 Å². The Kier molecular flexibility index (Phi) is 7.20. The van der Waals surface area contributed by atoms with Crippen LogP contribution in [-0.2, 0) is 25.6 Å². The van der Waals surface area contributed by atoms with Crippen molar-refractivity contribution in [2.75, 3.05) is 13.7 Å². The Morgan fingerprint density at radius 2 is 1.91 bits per heavy atom. The molecule has 1 heterocycles. The van der Waals surface area contributed by atoms with E-state index in [-0.39, 0.29) is 25.5 Å². The summed E-state index contributed by atoms with van der Waals surface area (Å²) >= 11 is 0. The van der Waals surface area contributed by atoms with Gasteiger partial charge in [-0.1, -0.05) is 36.9 Å². The van der Waals surface area contributed by atoms with Crippen molar-refractivity contribution < 1.29 is 28.2 Å². The molecule has 1 unspecified atom stereocenters. The molecule has 0 aliphatic carbocycles. The summed E-state index contributed by atoms with van der Waals surface area (Å²) in [5.41, 5.74) is 2.46. The fourth-order valence-electron chi connectivity index (χ4n) is 3.74. The van der Waals surface area contributed by atoms with E-state index >= 15 is 0 Å². The van der Waals surface area contributed by atoms with Crippen molar-refractivity contribution in [3.8, 4) is 0 Å². The van der Waals surface area contributed by atoms with E-state index in [0.29, 0.717) is 22.4 Å². The fourth-order valence-corrected chi connectivity index (χ4v) is 3.74. The highest BCUT2D eigenvalue weighted by Crippen LogP contribution is 2.38. The quantitative estimate of drug-likeness (QED) is 0.481. The van der Waals surface area contributed by atoms with Gasteiger partial charge in [0.25, 0.3) is 0 Å². The molecular formula is C25H24FNO5. The van der Waals surface area contributed by atoms with Gasteiger partial charge < -0.3 is 14.4 Å². The number of hydrogen-bond acceptors (Lipinski definition) is 5. The number of ether oxygens (including phenoxy) is 2. The highest BCUT2D eigenvalue weighted by Gasteiger charge is 2.37. The summed E-state index contributed by atoms with van der Waals surface area (Å²) in [6, 6.07) is 12.6. The molecule has 3 rings (SSSR count). The van der Waals surface area contributed by atoms with Crippen LogP contribution in [0.15, 0.2) is 72.5 Å². The van der Waals surface area contributed by atoms with Crippen molar-refractivity contribution >= 4 is 17.8 Å². The van der Waals surface area contributed by atoms with Gasteiger partial charge >= 0.3 is 11.9 Å². The summed E-state index contributed by atoms with van der Waals surface area (Å²) in [7, 11) is 1.30. The molecule has 7 heteroatoms. The molecular weight excluding hydrogens is 413 g/mol. The van der Waals surface area contributed by atoms with E-state index in [1.165, 1.54) is 30.2 Å². The van der Waals surface area contributed by atoms with Crippen molar-refractivity contribution in [3.63, 3.8) is 0 Å². The first-order chi connectivity index (χ1) is 15.3. The van der Waals surface area contributed by atoms with Gasteiger partial charge in [0.1, 0.15) is 12.4 Å². The summed E-state index contributed by atoms with van der Waals surface area (Å²) in [6.07, 6.45) is 1.46. The third-order valence-corrected chi connectivity index (χ3v) is 5.34. The molecule has 0 fully saturated rings. The lowest BCUT2D eigenvalue weighted by Crippen LogP contribution is -2.38. The molecule has 0 N–H and O–H groups in total. The second kappa shape index (κ2) is 10.0. The normalized spacial score (nSPS) is 16.0. The smallest absolute Gasteiger partial charge is 0.337 e. The van der Waals surface area contributed by atoms with Crippen LogP contribution in [-0.4, -0.2) is 36.5 Å². The van der Waals surface area contributed by atoms with E-state index in [1.54, 1.807) is 43.3 Å². The Balaban J connectivity index is 1.97. The SMILES string of the molecule is C=CCOC(=O)C1=C(C)N(Cc2ccc(C(=O)OC)cc2)C(=O)CC1c1cccc(F)c1.